The number of nitrogens with two attached hydrogens (primary N) is 1. The zero-order valence-electron chi connectivity index (χ0n) is 9.60. The van der Waals surface area contributed by atoms with Gasteiger partial charge in [-0.3, -0.25) is 0 Å². The standard InChI is InChI=1S/C13H11BrCl2N2/c1-7-4-9(2-3-10(7)14)18-13-11(15)5-8(17)6-12(13)16/h2-6,18H,17H2,1H3. The predicted octanol–water partition coefficient (Wildman–Crippen LogP) is 5.39. The van der Waals surface area contributed by atoms with Gasteiger partial charge in [-0.1, -0.05) is 39.1 Å². The average Bonchev–Trinajstić information content (AvgIpc) is 2.28. The quantitative estimate of drug-likeness (QED) is 0.716. The van der Waals surface area contributed by atoms with Crippen molar-refractivity contribution in [3.05, 3.63) is 50.4 Å². The number of nitrogens with one attached hydrogen (secondary N) is 1. The van der Waals surface area contributed by atoms with Gasteiger partial charge in [0, 0.05) is 15.8 Å². The van der Waals surface area contributed by atoms with Crippen molar-refractivity contribution in [1.29, 1.82) is 0 Å². The van der Waals surface area contributed by atoms with Crippen LogP contribution in [0.4, 0.5) is 17.1 Å². The number of rotatable bonds is 2. The van der Waals surface area contributed by atoms with Gasteiger partial charge in [-0.2, -0.15) is 0 Å². The molecule has 3 N–H and O–H groups in total. The minimum atomic E-state index is 0.501. The van der Waals surface area contributed by atoms with Gasteiger partial charge in [0.2, 0.25) is 0 Å². The average molecular weight is 346 g/mol. The van der Waals surface area contributed by atoms with Gasteiger partial charge >= 0.3 is 0 Å². The highest BCUT2D eigenvalue weighted by Crippen LogP contribution is 2.35. The van der Waals surface area contributed by atoms with Gasteiger partial charge in [0.15, 0.2) is 0 Å². The Bertz CT molecular complexity index is 577. The van der Waals surface area contributed by atoms with E-state index in [2.05, 4.69) is 21.2 Å². The van der Waals surface area contributed by atoms with Crippen LogP contribution < -0.4 is 11.1 Å². The Balaban J connectivity index is 2.37. The second kappa shape index (κ2) is 5.39. The monoisotopic (exact) mass is 344 g/mol. The molecule has 0 unspecified atom stereocenters. The summed E-state index contributed by atoms with van der Waals surface area (Å²) in [5.41, 5.74) is 8.92. The van der Waals surface area contributed by atoms with Crippen molar-refractivity contribution in [1.82, 2.24) is 0 Å². The fraction of sp³-hybridized carbons (Fsp3) is 0.0769. The maximum Gasteiger partial charge on any atom is 0.0764 e. The summed E-state index contributed by atoms with van der Waals surface area (Å²) in [6.07, 6.45) is 0. The van der Waals surface area contributed by atoms with Crippen molar-refractivity contribution >= 4 is 56.2 Å². The summed E-state index contributed by atoms with van der Waals surface area (Å²) in [4.78, 5) is 0. The molecule has 0 aliphatic carbocycles. The smallest absolute Gasteiger partial charge is 0.0764 e. The van der Waals surface area contributed by atoms with Crippen LogP contribution in [0.25, 0.3) is 0 Å². The van der Waals surface area contributed by atoms with E-state index in [1.165, 1.54) is 0 Å². The lowest BCUT2D eigenvalue weighted by Crippen LogP contribution is -1.95. The SMILES string of the molecule is Cc1cc(Nc2c(Cl)cc(N)cc2Cl)ccc1Br. The van der Waals surface area contributed by atoms with E-state index in [9.17, 15) is 0 Å². The first-order valence-corrected chi connectivity index (χ1v) is 6.80. The fourth-order valence-electron chi connectivity index (χ4n) is 1.58. The van der Waals surface area contributed by atoms with E-state index in [4.69, 9.17) is 28.9 Å². The van der Waals surface area contributed by atoms with E-state index < -0.39 is 0 Å². The highest BCUT2D eigenvalue weighted by molar-refractivity contribution is 9.10. The molecule has 0 atom stereocenters. The summed E-state index contributed by atoms with van der Waals surface area (Å²) in [5, 5.41) is 4.20. The molecule has 0 amide bonds. The van der Waals surface area contributed by atoms with Crippen molar-refractivity contribution in [2.45, 2.75) is 6.92 Å². The summed E-state index contributed by atoms with van der Waals surface area (Å²) in [5.74, 6) is 0. The molecule has 94 valence electrons. The van der Waals surface area contributed by atoms with Crippen LogP contribution in [0.1, 0.15) is 5.56 Å². The minimum Gasteiger partial charge on any atom is -0.399 e. The van der Waals surface area contributed by atoms with Gasteiger partial charge in [-0.05, 0) is 42.8 Å². The molecule has 18 heavy (non-hydrogen) atoms. The van der Waals surface area contributed by atoms with Gasteiger partial charge in [-0.25, -0.2) is 0 Å². The Kier molecular flexibility index (Phi) is 4.05. The zero-order valence-corrected chi connectivity index (χ0v) is 12.7. The molecule has 0 fully saturated rings. The lowest BCUT2D eigenvalue weighted by molar-refractivity contribution is 1.42. The third-order valence-corrected chi connectivity index (χ3v) is 3.98. The number of aryl methyl sites for hydroxylation is 1. The highest BCUT2D eigenvalue weighted by atomic mass is 79.9. The van der Waals surface area contributed by atoms with Crippen LogP contribution in [0.2, 0.25) is 10.0 Å². The fourth-order valence-corrected chi connectivity index (χ4v) is 2.42. The Morgan fingerprint density at radius 3 is 2.28 bits per heavy atom. The number of anilines is 3. The zero-order chi connectivity index (χ0) is 13.3. The Labute approximate surface area is 124 Å². The molecule has 0 bridgehead atoms. The maximum absolute atomic E-state index is 6.12. The lowest BCUT2D eigenvalue weighted by Gasteiger charge is -2.12. The van der Waals surface area contributed by atoms with Crippen LogP contribution >= 0.6 is 39.1 Å². The van der Waals surface area contributed by atoms with Gasteiger partial charge < -0.3 is 11.1 Å². The molecule has 2 aromatic rings. The van der Waals surface area contributed by atoms with Gasteiger partial charge in [0.1, 0.15) is 0 Å². The lowest BCUT2D eigenvalue weighted by atomic mass is 10.2. The van der Waals surface area contributed by atoms with Crippen LogP contribution in [0.5, 0.6) is 0 Å². The van der Waals surface area contributed by atoms with Crippen molar-refractivity contribution in [3.8, 4) is 0 Å². The third kappa shape index (κ3) is 2.91. The molecule has 0 aliphatic heterocycles. The number of hydrogen-bond donors (Lipinski definition) is 2. The molecular formula is C13H11BrCl2N2. The summed E-state index contributed by atoms with van der Waals surface area (Å²) >= 11 is 15.7. The van der Waals surface area contributed by atoms with Gasteiger partial charge in [0.05, 0.1) is 15.7 Å². The summed E-state index contributed by atoms with van der Waals surface area (Å²) < 4.78 is 1.06. The molecule has 2 nitrogen and oxygen atoms in total. The van der Waals surface area contributed by atoms with Crippen LogP contribution in [0.15, 0.2) is 34.8 Å². The van der Waals surface area contributed by atoms with E-state index >= 15 is 0 Å². The number of halogens is 3. The topological polar surface area (TPSA) is 38.0 Å². The normalized spacial score (nSPS) is 10.4. The Morgan fingerprint density at radius 1 is 1.11 bits per heavy atom. The number of hydrogen-bond acceptors (Lipinski definition) is 2. The van der Waals surface area contributed by atoms with Gasteiger partial charge in [-0.15, -0.1) is 0 Å². The molecular weight excluding hydrogens is 335 g/mol. The van der Waals surface area contributed by atoms with Crippen molar-refractivity contribution in [2.24, 2.45) is 0 Å². The van der Waals surface area contributed by atoms with Crippen LogP contribution in [-0.4, -0.2) is 0 Å². The number of nitrogen functional groups attached to an aromatic ring is 1. The number of benzene rings is 2. The molecule has 0 heterocycles. The van der Waals surface area contributed by atoms with E-state index in [1.807, 2.05) is 25.1 Å². The largest absolute Gasteiger partial charge is 0.399 e. The second-order valence-corrected chi connectivity index (χ2v) is 5.62. The Morgan fingerprint density at radius 2 is 1.72 bits per heavy atom. The third-order valence-electron chi connectivity index (χ3n) is 2.49. The second-order valence-electron chi connectivity index (χ2n) is 3.95. The van der Waals surface area contributed by atoms with Gasteiger partial charge in [0.25, 0.3) is 0 Å². The molecule has 2 rings (SSSR count). The first-order valence-electron chi connectivity index (χ1n) is 5.25. The first kappa shape index (κ1) is 13.5. The van der Waals surface area contributed by atoms with Crippen molar-refractivity contribution < 1.29 is 0 Å². The predicted molar refractivity (Wildman–Crippen MR) is 83.0 cm³/mol. The summed E-state index contributed by atoms with van der Waals surface area (Å²) in [6.45, 7) is 2.02. The van der Waals surface area contributed by atoms with Crippen LogP contribution in [-0.2, 0) is 0 Å². The van der Waals surface area contributed by atoms with E-state index in [0.717, 1.165) is 15.7 Å². The Hall–Kier alpha value is -0.900. The molecule has 2 aromatic carbocycles. The van der Waals surface area contributed by atoms with E-state index in [-0.39, 0.29) is 0 Å². The van der Waals surface area contributed by atoms with E-state index in [1.54, 1.807) is 12.1 Å². The van der Waals surface area contributed by atoms with Crippen molar-refractivity contribution in [3.63, 3.8) is 0 Å². The maximum atomic E-state index is 6.12. The first-order chi connectivity index (χ1) is 8.47. The van der Waals surface area contributed by atoms with E-state index in [0.29, 0.717) is 21.4 Å². The molecule has 0 aromatic heterocycles. The molecule has 0 spiro atoms. The van der Waals surface area contributed by atoms with Crippen LogP contribution in [0.3, 0.4) is 0 Å². The molecule has 0 aliphatic rings. The molecule has 5 heteroatoms. The molecule has 0 saturated heterocycles. The minimum absolute atomic E-state index is 0.501. The highest BCUT2D eigenvalue weighted by Gasteiger charge is 2.08. The summed E-state index contributed by atoms with van der Waals surface area (Å²) in [7, 11) is 0. The van der Waals surface area contributed by atoms with Crippen molar-refractivity contribution in [2.75, 3.05) is 11.1 Å². The molecule has 0 saturated carbocycles. The van der Waals surface area contributed by atoms with Crippen LogP contribution in [0, 0.1) is 6.92 Å². The summed E-state index contributed by atoms with van der Waals surface area (Å²) in [6, 6.07) is 9.26. The molecule has 0 radical (unpaired) electrons.